The molecule has 0 bridgehead atoms. The van der Waals surface area contributed by atoms with E-state index in [-0.39, 0.29) is 24.1 Å². The second-order valence-electron chi connectivity index (χ2n) is 10.3. The lowest BCUT2D eigenvalue weighted by Gasteiger charge is -2.34. The van der Waals surface area contributed by atoms with Crippen LogP contribution in [-0.2, 0) is 32.8 Å². The molecule has 0 saturated carbocycles. The molecule has 0 radical (unpaired) electrons. The minimum absolute atomic E-state index is 0.0252. The van der Waals surface area contributed by atoms with Crippen LogP contribution in [0, 0.1) is 12.8 Å². The molecule has 0 aromatic heterocycles. The third-order valence-corrected chi connectivity index (χ3v) is 8.41. The minimum Gasteiger partial charge on any atom is -0.307 e. The number of anilines is 2. The molecule has 0 spiro atoms. The quantitative estimate of drug-likeness (QED) is 0.250. The van der Waals surface area contributed by atoms with Crippen LogP contribution in [0.4, 0.5) is 11.4 Å². The molecule has 0 aliphatic carbocycles. The van der Waals surface area contributed by atoms with E-state index in [9.17, 15) is 14.4 Å². The molecule has 6 rings (SSSR count). The maximum Gasteiger partial charge on any atom is 0.239 e. The van der Waals surface area contributed by atoms with Crippen LogP contribution < -0.4 is 9.80 Å². The lowest BCUT2D eigenvalue weighted by atomic mass is 9.66. The van der Waals surface area contributed by atoms with Gasteiger partial charge in [-0.2, -0.15) is 0 Å². The van der Waals surface area contributed by atoms with Gasteiger partial charge in [-0.05, 0) is 60.4 Å². The lowest BCUT2D eigenvalue weighted by molar-refractivity contribution is -0.131. The largest absolute Gasteiger partial charge is 0.307 e. The highest BCUT2D eigenvalue weighted by atomic mass is 79.9. The van der Waals surface area contributed by atoms with Gasteiger partial charge in [-0.1, -0.05) is 94.3 Å². The topological polar surface area (TPSA) is 57.7 Å². The van der Waals surface area contributed by atoms with Crippen LogP contribution in [0.25, 0.3) is 0 Å². The van der Waals surface area contributed by atoms with Crippen LogP contribution in [0.5, 0.6) is 0 Å². The van der Waals surface area contributed by atoms with Gasteiger partial charge in [-0.15, -0.1) is 0 Å². The van der Waals surface area contributed by atoms with Crippen molar-refractivity contribution < 1.29 is 14.4 Å². The normalized spacial score (nSPS) is 20.6. The van der Waals surface area contributed by atoms with Crippen LogP contribution in [0.2, 0.25) is 0 Å². The number of aryl methyl sites for hydroxylation is 1. The molecule has 5 nitrogen and oxygen atoms in total. The molecule has 0 unspecified atom stereocenters. The van der Waals surface area contributed by atoms with E-state index < -0.39 is 11.3 Å². The number of hydrogen-bond donors (Lipinski definition) is 0. The first-order valence-corrected chi connectivity index (χ1v) is 13.8. The van der Waals surface area contributed by atoms with Crippen molar-refractivity contribution in [3.63, 3.8) is 0 Å². The third-order valence-electron chi connectivity index (χ3n) is 7.89. The van der Waals surface area contributed by atoms with Gasteiger partial charge < -0.3 is 4.90 Å². The van der Waals surface area contributed by atoms with Crippen LogP contribution in [0.1, 0.15) is 28.7 Å². The van der Waals surface area contributed by atoms with E-state index in [0.717, 1.165) is 32.4 Å². The Morgan fingerprint density at radius 1 is 0.821 bits per heavy atom. The Balaban J connectivity index is 1.52. The number of hydrogen-bond acceptors (Lipinski definition) is 3. The summed E-state index contributed by atoms with van der Waals surface area (Å²) in [5.41, 5.74) is 3.85. The molecule has 2 atom stereocenters. The Labute approximate surface area is 236 Å². The van der Waals surface area contributed by atoms with Crippen molar-refractivity contribution in [2.45, 2.75) is 31.7 Å². The number of fused-ring (bicyclic) bond motifs is 1. The summed E-state index contributed by atoms with van der Waals surface area (Å²) in [7, 11) is 0. The average Bonchev–Trinajstić information content (AvgIpc) is 3.36. The van der Waals surface area contributed by atoms with Gasteiger partial charge in [0, 0.05) is 16.6 Å². The van der Waals surface area contributed by atoms with Gasteiger partial charge >= 0.3 is 0 Å². The Bertz CT molecular complexity index is 1570. The summed E-state index contributed by atoms with van der Waals surface area (Å²) in [6.07, 6.45) is 0.287. The Hall–Kier alpha value is -4.03. The van der Waals surface area contributed by atoms with E-state index in [2.05, 4.69) is 15.9 Å². The molecule has 1 fully saturated rings. The van der Waals surface area contributed by atoms with Gasteiger partial charge in [0.15, 0.2) is 0 Å². The number of nitrogens with zero attached hydrogens (tertiary/aromatic N) is 2. The molecule has 39 heavy (non-hydrogen) atoms. The second kappa shape index (κ2) is 9.93. The van der Waals surface area contributed by atoms with Crippen molar-refractivity contribution in [1.29, 1.82) is 0 Å². The van der Waals surface area contributed by atoms with Gasteiger partial charge in [0.2, 0.25) is 17.7 Å². The van der Waals surface area contributed by atoms with E-state index in [0.29, 0.717) is 18.7 Å². The number of amides is 3. The molecular formula is C33H27BrN2O3. The van der Waals surface area contributed by atoms with Crippen molar-refractivity contribution >= 4 is 45.0 Å². The van der Waals surface area contributed by atoms with E-state index in [4.69, 9.17) is 0 Å². The minimum atomic E-state index is -1.22. The molecular weight excluding hydrogens is 552 g/mol. The van der Waals surface area contributed by atoms with Crippen molar-refractivity contribution in [3.05, 3.63) is 130 Å². The molecule has 3 amide bonds. The summed E-state index contributed by atoms with van der Waals surface area (Å²) >= 11 is 3.50. The molecule has 1 saturated heterocycles. The molecule has 2 aliphatic rings. The van der Waals surface area contributed by atoms with Gasteiger partial charge in [0.1, 0.15) is 0 Å². The highest BCUT2D eigenvalue weighted by Crippen LogP contribution is 2.52. The van der Waals surface area contributed by atoms with Crippen molar-refractivity contribution in [2.75, 3.05) is 9.80 Å². The summed E-state index contributed by atoms with van der Waals surface area (Å²) in [6, 6.07) is 32.7. The maximum absolute atomic E-state index is 14.8. The van der Waals surface area contributed by atoms with Crippen LogP contribution in [0.3, 0.4) is 0 Å². The zero-order chi connectivity index (χ0) is 27.1. The summed E-state index contributed by atoms with van der Waals surface area (Å²) < 4.78 is 0.933. The molecule has 194 valence electrons. The molecule has 0 N–H and O–H groups in total. The number of carbonyl (C=O) groups is 3. The number of carbonyl (C=O) groups excluding carboxylic acids is 3. The van der Waals surface area contributed by atoms with Crippen LogP contribution in [0.15, 0.2) is 108 Å². The fraction of sp³-hybridized carbons (Fsp3) is 0.182. The van der Waals surface area contributed by atoms with E-state index in [1.807, 2.05) is 97.9 Å². The average molecular weight is 579 g/mol. The number of rotatable bonds is 6. The summed E-state index contributed by atoms with van der Waals surface area (Å²) in [5, 5.41) is 0. The summed E-state index contributed by atoms with van der Waals surface area (Å²) in [5.74, 6) is -1.58. The predicted octanol–water partition coefficient (Wildman–Crippen LogP) is 6.36. The predicted molar refractivity (Wildman–Crippen MR) is 155 cm³/mol. The Morgan fingerprint density at radius 3 is 2.18 bits per heavy atom. The van der Waals surface area contributed by atoms with Gasteiger partial charge in [-0.3, -0.25) is 19.3 Å². The van der Waals surface area contributed by atoms with Crippen molar-refractivity contribution in [3.8, 4) is 0 Å². The van der Waals surface area contributed by atoms with Gasteiger partial charge in [0.25, 0.3) is 0 Å². The molecule has 6 heteroatoms. The summed E-state index contributed by atoms with van der Waals surface area (Å²) in [4.78, 5) is 45.5. The van der Waals surface area contributed by atoms with Crippen LogP contribution in [-0.4, -0.2) is 17.7 Å². The number of benzene rings is 4. The standard InChI is InChI=1S/C33H27BrN2O3/c1-22-12-17-29-27(18-22)33(20-23-13-15-25(34)16-14-23,32(39)35(29)21-24-8-4-2-5-9-24)28-19-30(37)36(31(28)38)26-10-6-3-7-11-26/h2-18,28H,19-21H2,1H3/t28-,33+/m0/s1. The zero-order valence-corrected chi connectivity index (χ0v) is 23.1. The Kier molecular flexibility index (Phi) is 6.43. The van der Waals surface area contributed by atoms with Crippen LogP contribution >= 0.6 is 15.9 Å². The maximum atomic E-state index is 14.8. The van der Waals surface area contributed by atoms with E-state index in [1.165, 1.54) is 4.90 Å². The fourth-order valence-electron chi connectivity index (χ4n) is 6.05. The first-order valence-electron chi connectivity index (χ1n) is 13.0. The van der Waals surface area contributed by atoms with Gasteiger partial charge in [0.05, 0.1) is 23.6 Å². The highest BCUT2D eigenvalue weighted by Gasteiger charge is 2.61. The molecule has 2 aliphatic heterocycles. The second-order valence-corrected chi connectivity index (χ2v) is 11.2. The summed E-state index contributed by atoms with van der Waals surface area (Å²) in [6.45, 7) is 2.38. The highest BCUT2D eigenvalue weighted by molar-refractivity contribution is 9.10. The number of para-hydroxylation sites is 1. The first kappa shape index (κ1) is 25.3. The van der Waals surface area contributed by atoms with E-state index >= 15 is 0 Å². The SMILES string of the molecule is Cc1ccc2c(c1)[C@](Cc1ccc(Br)cc1)([C@H]1CC(=O)N(c3ccccc3)C1=O)C(=O)N2Cc1ccccc1. The van der Waals surface area contributed by atoms with Gasteiger partial charge in [-0.25, -0.2) is 0 Å². The first-order chi connectivity index (χ1) is 18.9. The molecule has 2 heterocycles. The molecule has 4 aromatic rings. The Morgan fingerprint density at radius 2 is 1.49 bits per heavy atom. The lowest BCUT2D eigenvalue weighted by Crippen LogP contribution is -2.50. The zero-order valence-electron chi connectivity index (χ0n) is 21.5. The van der Waals surface area contributed by atoms with Crippen molar-refractivity contribution in [2.24, 2.45) is 5.92 Å². The molecule has 4 aromatic carbocycles. The fourth-order valence-corrected chi connectivity index (χ4v) is 6.32. The van der Waals surface area contributed by atoms with E-state index in [1.54, 1.807) is 17.0 Å². The number of halogens is 1. The smallest absolute Gasteiger partial charge is 0.239 e. The third kappa shape index (κ3) is 4.29. The number of imide groups is 1. The van der Waals surface area contributed by atoms with Crippen molar-refractivity contribution in [1.82, 2.24) is 0 Å². The monoisotopic (exact) mass is 578 g/mol.